The Kier molecular flexibility index (Phi) is 6.71. The molecule has 0 atom stereocenters. The van der Waals surface area contributed by atoms with E-state index in [2.05, 4.69) is 10.3 Å². The number of fused-ring (bicyclic) bond motifs is 1. The summed E-state index contributed by atoms with van der Waals surface area (Å²) in [6, 6.07) is 10.1. The van der Waals surface area contributed by atoms with Crippen molar-refractivity contribution in [2.24, 2.45) is 0 Å². The number of ether oxygens (including phenoxy) is 1. The standard InChI is InChI=1S/C19H17ClF3N3O2S/c1-28-9-8-26-16-7-6-12(20)10-15(16)25-18(26)29-11-17(27)24-14-5-3-2-4-13(14)19(21,22)23/h2-7,10H,8-9,11H2,1H3,(H,24,27). The summed E-state index contributed by atoms with van der Waals surface area (Å²) in [5, 5.41) is 3.42. The Morgan fingerprint density at radius 1 is 1.28 bits per heavy atom. The fraction of sp³-hybridized carbons (Fsp3) is 0.263. The third kappa shape index (κ3) is 5.23. The lowest BCUT2D eigenvalue weighted by Crippen LogP contribution is -2.18. The van der Waals surface area contributed by atoms with Gasteiger partial charge < -0.3 is 14.6 Å². The van der Waals surface area contributed by atoms with E-state index in [1.807, 2.05) is 10.6 Å². The Balaban J connectivity index is 1.76. The van der Waals surface area contributed by atoms with Gasteiger partial charge in [-0.05, 0) is 30.3 Å². The predicted octanol–water partition coefficient (Wildman–Crippen LogP) is 5.09. The number of methoxy groups -OCH3 is 1. The molecule has 1 aromatic heterocycles. The van der Waals surface area contributed by atoms with E-state index in [0.29, 0.717) is 28.8 Å². The number of carbonyl (C=O) groups is 1. The minimum absolute atomic E-state index is 0.101. The molecule has 0 saturated heterocycles. The second-order valence-electron chi connectivity index (χ2n) is 6.05. The first-order valence-electron chi connectivity index (χ1n) is 8.53. The molecular weight excluding hydrogens is 427 g/mol. The van der Waals surface area contributed by atoms with Crippen LogP contribution in [-0.4, -0.2) is 34.9 Å². The summed E-state index contributed by atoms with van der Waals surface area (Å²) < 4.78 is 46.2. The van der Waals surface area contributed by atoms with E-state index in [1.54, 1.807) is 19.2 Å². The highest BCUT2D eigenvalue weighted by atomic mass is 35.5. The number of rotatable bonds is 7. The fourth-order valence-corrected chi connectivity index (χ4v) is 3.75. The molecule has 1 N–H and O–H groups in total. The van der Waals surface area contributed by atoms with Gasteiger partial charge in [-0.1, -0.05) is 35.5 Å². The van der Waals surface area contributed by atoms with Gasteiger partial charge in [-0.2, -0.15) is 13.2 Å². The number of benzene rings is 2. The third-order valence-corrected chi connectivity index (χ3v) is 5.24. The monoisotopic (exact) mass is 443 g/mol. The molecule has 3 rings (SSSR count). The summed E-state index contributed by atoms with van der Waals surface area (Å²) in [4.78, 5) is 16.8. The highest BCUT2D eigenvalue weighted by Gasteiger charge is 2.33. The molecule has 1 heterocycles. The van der Waals surface area contributed by atoms with Crippen LogP contribution in [0.2, 0.25) is 5.02 Å². The van der Waals surface area contributed by atoms with Crippen LogP contribution in [0.3, 0.4) is 0 Å². The second kappa shape index (κ2) is 9.06. The van der Waals surface area contributed by atoms with Gasteiger partial charge in [0.2, 0.25) is 5.91 Å². The Morgan fingerprint density at radius 2 is 2.03 bits per heavy atom. The minimum Gasteiger partial charge on any atom is -0.383 e. The van der Waals surface area contributed by atoms with Crippen LogP contribution in [0.4, 0.5) is 18.9 Å². The minimum atomic E-state index is -4.55. The quantitative estimate of drug-likeness (QED) is 0.517. The van der Waals surface area contributed by atoms with Gasteiger partial charge in [0.25, 0.3) is 0 Å². The number of para-hydroxylation sites is 1. The number of anilines is 1. The molecule has 0 spiro atoms. The SMILES string of the molecule is COCCn1c(SCC(=O)Nc2ccccc2C(F)(F)F)nc2cc(Cl)ccc21. The number of carbonyl (C=O) groups excluding carboxylic acids is 1. The van der Waals surface area contributed by atoms with Crippen molar-refractivity contribution < 1.29 is 22.7 Å². The molecule has 0 unspecified atom stereocenters. The lowest BCUT2D eigenvalue weighted by atomic mass is 10.1. The molecule has 10 heteroatoms. The Bertz CT molecular complexity index is 1020. The number of hydrogen-bond donors (Lipinski definition) is 1. The highest BCUT2D eigenvalue weighted by molar-refractivity contribution is 7.99. The number of thioether (sulfide) groups is 1. The Hall–Kier alpha value is -2.23. The zero-order chi connectivity index (χ0) is 21.0. The number of amides is 1. The Morgan fingerprint density at radius 3 is 2.76 bits per heavy atom. The van der Waals surface area contributed by atoms with Crippen molar-refractivity contribution in [3.63, 3.8) is 0 Å². The molecule has 3 aromatic rings. The number of hydrogen-bond acceptors (Lipinski definition) is 4. The summed E-state index contributed by atoms with van der Waals surface area (Å²) >= 11 is 7.15. The largest absolute Gasteiger partial charge is 0.418 e. The normalized spacial score (nSPS) is 11.8. The van der Waals surface area contributed by atoms with Crippen LogP contribution in [0.1, 0.15) is 5.56 Å². The molecule has 1 amide bonds. The van der Waals surface area contributed by atoms with E-state index < -0.39 is 17.6 Å². The highest BCUT2D eigenvalue weighted by Crippen LogP contribution is 2.34. The van der Waals surface area contributed by atoms with Gasteiger partial charge in [-0.15, -0.1) is 0 Å². The predicted molar refractivity (Wildman–Crippen MR) is 107 cm³/mol. The molecule has 154 valence electrons. The van der Waals surface area contributed by atoms with Gasteiger partial charge in [0.15, 0.2) is 5.16 Å². The number of imidazole rings is 1. The molecule has 0 saturated carbocycles. The third-order valence-electron chi connectivity index (χ3n) is 4.03. The molecule has 0 aliphatic heterocycles. The Labute approximate surface area is 174 Å². The van der Waals surface area contributed by atoms with E-state index in [1.165, 1.54) is 18.2 Å². The first-order valence-corrected chi connectivity index (χ1v) is 9.89. The molecule has 0 aliphatic rings. The van der Waals surface area contributed by atoms with Crippen molar-refractivity contribution in [1.29, 1.82) is 0 Å². The van der Waals surface area contributed by atoms with Gasteiger partial charge in [0.05, 0.1) is 34.6 Å². The molecule has 0 bridgehead atoms. The van der Waals surface area contributed by atoms with Crippen molar-refractivity contribution in [2.45, 2.75) is 17.9 Å². The van der Waals surface area contributed by atoms with Crippen LogP contribution in [0.5, 0.6) is 0 Å². The van der Waals surface area contributed by atoms with E-state index in [4.69, 9.17) is 16.3 Å². The number of alkyl halides is 3. The van der Waals surface area contributed by atoms with Crippen molar-refractivity contribution in [1.82, 2.24) is 9.55 Å². The average Bonchev–Trinajstić information content (AvgIpc) is 3.00. The zero-order valence-corrected chi connectivity index (χ0v) is 16.9. The summed E-state index contributed by atoms with van der Waals surface area (Å²) in [5.41, 5.74) is 0.335. The summed E-state index contributed by atoms with van der Waals surface area (Å²) in [5.74, 6) is -0.661. The molecular formula is C19H17ClF3N3O2S. The second-order valence-corrected chi connectivity index (χ2v) is 7.43. The molecule has 2 aromatic carbocycles. The van der Waals surface area contributed by atoms with Crippen molar-refractivity contribution >= 4 is 46.0 Å². The van der Waals surface area contributed by atoms with E-state index >= 15 is 0 Å². The van der Waals surface area contributed by atoms with Crippen LogP contribution in [0.25, 0.3) is 11.0 Å². The van der Waals surface area contributed by atoms with Crippen LogP contribution in [0.15, 0.2) is 47.6 Å². The number of nitrogens with one attached hydrogen (secondary N) is 1. The smallest absolute Gasteiger partial charge is 0.383 e. The first-order chi connectivity index (χ1) is 13.8. The zero-order valence-electron chi connectivity index (χ0n) is 15.3. The van der Waals surface area contributed by atoms with Gasteiger partial charge in [0, 0.05) is 18.7 Å². The van der Waals surface area contributed by atoms with E-state index in [9.17, 15) is 18.0 Å². The van der Waals surface area contributed by atoms with Crippen LogP contribution < -0.4 is 5.32 Å². The summed E-state index contributed by atoms with van der Waals surface area (Å²) in [6.45, 7) is 0.947. The van der Waals surface area contributed by atoms with Crippen molar-refractivity contribution in [3.8, 4) is 0 Å². The van der Waals surface area contributed by atoms with Gasteiger partial charge in [0.1, 0.15) is 0 Å². The summed E-state index contributed by atoms with van der Waals surface area (Å²) in [7, 11) is 1.58. The fourth-order valence-electron chi connectivity index (χ4n) is 2.75. The molecule has 0 fully saturated rings. The first kappa shape index (κ1) is 21.5. The lowest BCUT2D eigenvalue weighted by molar-refractivity contribution is -0.137. The average molecular weight is 444 g/mol. The molecule has 0 aliphatic carbocycles. The maximum atomic E-state index is 13.1. The van der Waals surface area contributed by atoms with Gasteiger partial charge in [-0.3, -0.25) is 4.79 Å². The van der Waals surface area contributed by atoms with Gasteiger partial charge >= 0.3 is 6.18 Å². The number of nitrogens with zero attached hydrogens (tertiary/aromatic N) is 2. The molecule has 29 heavy (non-hydrogen) atoms. The van der Waals surface area contributed by atoms with E-state index in [-0.39, 0.29) is 11.4 Å². The van der Waals surface area contributed by atoms with Crippen LogP contribution in [-0.2, 0) is 22.3 Å². The number of halogens is 4. The van der Waals surface area contributed by atoms with Crippen LogP contribution in [0, 0.1) is 0 Å². The van der Waals surface area contributed by atoms with Gasteiger partial charge in [-0.25, -0.2) is 4.98 Å². The molecule has 0 radical (unpaired) electrons. The maximum absolute atomic E-state index is 13.1. The van der Waals surface area contributed by atoms with Crippen molar-refractivity contribution in [3.05, 3.63) is 53.1 Å². The maximum Gasteiger partial charge on any atom is 0.418 e. The topological polar surface area (TPSA) is 56.1 Å². The lowest BCUT2D eigenvalue weighted by Gasteiger charge is -2.13. The van der Waals surface area contributed by atoms with Crippen molar-refractivity contribution in [2.75, 3.05) is 24.8 Å². The van der Waals surface area contributed by atoms with E-state index in [0.717, 1.165) is 23.3 Å². The van der Waals surface area contributed by atoms with Crippen LogP contribution >= 0.6 is 23.4 Å². The number of aromatic nitrogens is 2. The molecule has 5 nitrogen and oxygen atoms in total. The summed E-state index contributed by atoms with van der Waals surface area (Å²) in [6.07, 6.45) is -4.55.